The van der Waals surface area contributed by atoms with Crippen molar-refractivity contribution in [3.63, 3.8) is 0 Å². The average molecular weight is 787 g/mol. The van der Waals surface area contributed by atoms with E-state index in [1.165, 1.54) is 29.5 Å². The summed E-state index contributed by atoms with van der Waals surface area (Å²) in [5, 5.41) is 11.0. The topological polar surface area (TPSA) is 183 Å². The second-order valence-corrected chi connectivity index (χ2v) is 17.5. The molecule has 0 bridgehead atoms. The molecule has 4 aliphatic heterocycles. The number of hydrogen-bond acceptors (Lipinski definition) is 11. The number of likely N-dealkylation sites (tertiary alicyclic amines) is 1. The molecule has 5 amide bonds. The molecule has 2 aromatic heterocycles. The van der Waals surface area contributed by atoms with Gasteiger partial charge in [-0.1, -0.05) is 23.4 Å². The maximum atomic E-state index is 12.7. The van der Waals surface area contributed by atoms with Crippen molar-refractivity contribution in [1.29, 1.82) is 0 Å². The first-order valence-corrected chi connectivity index (χ1v) is 20.9. The monoisotopic (exact) mass is 786 g/mol. The van der Waals surface area contributed by atoms with Gasteiger partial charge in [0.15, 0.2) is 17.1 Å². The molecule has 302 valence electrons. The zero-order valence-electron chi connectivity index (χ0n) is 32.9. The largest absolute Gasteiger partial charge is 0.364 e. The fraction of sp³-hybridized carbons (Fsp3) is 0.512. The number of hydrogen-bond donors (Lipinski definition) is 3. The minimum atomic E-state index is -0.642. The Hall–Kier alpha value is -5.57. The van der Waals surface area contributed by atoms with Gasteiger partial charge in [-0.2, -0.15) is 0 Å². The highest BCUT2D eigenvalue weighted by molar-refractivity contribution is 6.02. The van der Waals surface area contributed by atoms with Crippen LogP contribution in [0.25, 0.3) is 11.0 Å². The first-order valence-electron chi connectivity index (χ1n) is 20.9. The van der Waals surface area contributed by atoms with Gasteiger partial charge in [0.1, 0.15) is 11.5 Å². The number of nitrogens with two attached hydrogens (primary N) is 1. The van der Waals surface area contributed by atoms with E-state index in [-0.39, 0.29) is 29.6 Å². The lowest BCUT2D eigenvalue weighted by Gasteiger charge is -2.37. The van der Waals surface area contributed by atoms with E-state index in [2.05, 4.69) is 60.9 Å². The Labute approximate surface area is 336 Å². The average Bonchev–Trinajstić information content (AvgIpc) is 4.05. The third-order valence-corrected chi connectivity index (χ3v) is 13.8. The molecule has 6 atom stereocenters. The number of nitrogens with one attached hydrogen (secondary N) is 2. The number of carbonyl (C=O) groups is 4. The van der Waals surface area contributed by atoms with Crippen molar-refractivity contribution >= 4 is 52.0 Å². The maximum absolute atomic E-state index is 12.7. The molecule has 4 aromatic rings. The predicted octanol–water partition coefficient (Wildman–Crippen LogP) is 4.16. The minimum Gasteiger partial charge on any atom is -0.364 e. The van der Waals surface area contributed by atoms with Gasteiger partial charge in [-0.05, 0) is 97.9 Å². The van der Waals surface area contributed by atoms with Crippen LogP contribution >= 0.6 is 0 Å². The molecule has 15 nitrogen and oxygen atoms in total. The number of anilines is 3. The maximum Gasteiger partial charge on any atom is 0.320 e. The Morgan fingerprint density at radius 1 is 0.983 bits per heavy atom. The van der Waals surface area contributed by atoms with Crippen molar-refractivity contribution in [2.24, 2.45) is 23.5 Å². The Kier molecular flexibility index (Phi) is 9.29. The van der Waals surface area contributed by atoms with Gasteiger partial charge in [-0.3, -0.25) is 19.7 Å². The molecular weight excluding hydrogens is 737 g/mol. The number of amides is 5. The van der Waals surface area contributed by atoms with Crippen molar-refractivity contribution in [1.82, 2.24) is 35.1 Å². The molecule has 10 rings (SSSR count). The predicted molar refractivity (Wildman–Crippen MR) is 216 cm³/mol. The molecule has 4 saturated heterocycles. The number of piperidine rings is 2. The van der Waals surface area contributed by atoms with E-state index in [0.29, 0.717) is 60.4 Å². The number of imide groups is 1. The van der Waals surface area contributed by atoms with Gasteiger partial charge >= 0.3 is 6.03 Å². The van der Waals surface area contributed by atoms with Crippen LogP contribution in [0.1, 0.15) is 83.2 Å². The third kappa shape index (κ3) is 6.72. The molecule has 2 aliphatic carbocycles. The highest BCUT2D eigenvalue weighted by atomic mass is 16.5. The molecule has 4 N–H and O–H groups in total. The molecule has 6 aliphatic rings. The highest BCUT2D eigenvalue weighted by Gasteiger charge is 2.42. The molecule has 2 aromatic carbocycles. The van der Waals surface area contributed by atoms with E-state index < -0.39 is 11.8 Å². The van der Waals surface area contributed by atoms with Gasteiger partial charge in [-0.25, -0.2) is 14.8 Å². The highest BCUT2D eigenvalue weighted by Crippen LogP contribution is 2.47. The summed E-state index contributed by atoms with van der Waals surface area (Å²) in [7, 11) is 1.84. The summed E-state index contributed by atoms with van der Waals surface area (Å²) in [6.45, 7) is 6.24. The number of fused-ring (bicyclic) bond motifs is 4. The summed E-state index contributed by atoms with van der Waals surface area (Å²) in [5.41, 5.74) is 12.0. The van der Waals surface area contributed by atoms with Gasteiger partial charge in [0.2, 0.25) is 11.8 Å². The lowest BCUT2D eigenvalue weighted by atomic mass is 9.92. The second-order valence-electron chi connectivity index (χ2n) is 17.5. The van der Waals surface area contributed by atoms with Crippen LogP contribution in [0.2, 0.25) is 0 Å². The van der Waals surface area contributed by atoms with Crippen molar-refractivity contribution < 1.29 is 23.7 Å². The zero-order valence-corrected chi connectivity index (χ0v) is 32.9. The summed E-state index contributed by atoms with van der Waals surface area (Å²) < 4.78 is 5.89. The van der Waals surface area contributed by atoms with E-state index >= 15 is 0 Å². The number of benzene rings is 2. The van der Waals surface area contributed by atoms with E-state index in [4.69, 9.17) is 15.2 Å². The quantitative estimate of drug-likeness (QED) is 0.207. The normalized spacial score (nSPS) is 27.4. The van der Waals surface area contributed by atoms with Gasteiger partial charge in [0.25, 0.3) is 5.91 Å². The van der Waals surface area contributed by atoms with Crippen molar-refractivity contribution in [2.75, 3.05) is 63.1 Å². The Balaban J connectivity index is 0.745. The van der Waals surface area contributed by atoms with Crippen molar-refractivity contribution in [3.05, 3.63) is 70.7 Å². The second kappa shape index (κ2) is 14.7. The van der Waals surface area contributed by atoms with E-state index in [1.54, 1.807) is 11.1 Å². The lowest BCUT2D eigenvalue weighted by molar-refractivity contribution is -0.134. The molecule has 0 radical (unpaired) electrons. The van der Waals surface area contributed by atoms with Gasteiger partial charge < -0.3 is 35.2 Å². The van der Waals surface area contributed by atoms with Crippen LogP contribution in [-0.2, 0) is 22.4 Å². The van der Waals surface area contributed by atoms with E-state index in [9.17, 15) is 19.2 Å². The minimum absolute atomic E-state index is 0.0724. The zero-order chi connectivity index (χ0) is 39.7. The molecule has 1 saturated carbocycles. The molecule has 5 fully saturated rings. The fourth-order valence-electron chi connectivity index (χ4n) is 10.9. The SMILES string of the molecule is CN1CCN([C@@H]2CCCN(c3cnc(C(N)=O)c(Nc4ccc(C5C[C@@H]6CN(C[C@@H]7Cc8ccc9c(C%10CCC(=O)NC%10=O)noc9c8C7)C[C@@H]6C5)cc4)n3)C2)C1=O. The number of aromatic nitrogens is 3. The van der Waals surface area contributed by atoms with Crippen molar-refractivity contribution in [3.8, 4) is 0 Å². The molecular formula is C43H50N10O5. The lowest BCUT2D eigenvalue weighted by Crippen LogP contribution is -2.49. The van der Waals surface area contributed by atoms with Crippen LogP contribution in [0.15, 0.2) is 47.1 Å². The number of nitrogens with zero attached hydrogens (tertiary/aromatic N) is 7. The smallest absolute Gasteiger partial charge is 0.320 e. The Bertz CT molecular complexity index is 2280. The van der Waals surface area contributed by atoms with Crippen molar-refractivity contribution in [2.45, 2.75) is 69.2 Å². The van der Waals surface area contributed by atoms with Crippen LogP contribution in [0.5, 0.6) is 0 Å². The van der Waals surface area contributed by atoms with Crippen LogP contribution < -0.4 is 21.3 Å². The van der Waals surface area contributed by atoms with E-state index in [0.717, 1.165) is 81.6 Å². The first-order chi connectivity index (χ1) is 28.1. The van der Waals surface area contributed by atoms with Crippen LogP contribution in [0, 0.1) is 17.8 Å². The van der Waals surface area contributed by atoms with Crippen LogP contribution in [-0.4, -0.2) is 112 Å². The fourth-order valence-corrected chi connectivity index (χ4v) is 10.9. The van der Waals surface area contributed by atoms with Gasteiger partial charge in [-0.15, -0.1) is 0 Å². The number of urea groups is 1. The Morgan fingerprint density at radius 2 is 1.79 bits per heavy atom. The molecule has 6 heterocycles. The molecule has 2 unspecified atom stereocenters. The summed E-state index contributed by atoms with van der Waals surface area (Å²) in [6.07, 6.45) is 8.58. The number of rotatable bonds is 9. The molecule has 0 spiro atoms. The summed E-state index contributed by atoms with van der Waals surface area (Å²) in [4.78, 5) is 67.2. The third-order valence-electron chi connectivity index (χ3n) is 13.8. The Morgan fingerprint density at radius 3 is 2.53 bits per heavy atom. The number of likely N-dealkylation sites (N-methyl/N-ethyl adjacent to an activating group) is 1. The summed E-state index contributed by atoms with van der Waals surface area (Å²) >= 11 is 0. The molecule has 15 heteroatoms. The van der Waals surface area contributed by atoms with E-state index in [1.807, 2.05) is 18.0 Å². The first kappa shape index (κ1) is 36.7. The van der Waals surface area contributed by atoms with Crippen LogP contribution in [0.4, 0.5) is 22.1 Å². The summed E-state index contributed by atoms with van der Waals surface area (Å²) in [5.74, 6) is 1.76. The number of carbonyl (C=O) groups excluding carboxylic acids is 4. The van der Waals surface area contributed by atoms with Crippen LogP contribution in [0.3, 0.4) is 0 Å². The van der Waals surface area contributed by atoms with Gasteiger partial charge in [0.05, 0.1) is 18.2 Å². The standard InChI is InChI=1S/C43H50N10O5/c1-50-13-14-53(43(50)57)31-3-2-12-52(23-31)35-19-45-38(40(44)55)41(47-35)46-30-7-4-25(5-8-30)27-17-28-21-51(22-29(28)18-27)20-24-15-26-6-9-32-37(49-58-39(32)34(26)16-24)33-10-11-36(54)48-42(33)56/h4-9,19,24,27-29,31,33H,2-3,10-18,20-23H2,1H3,(H2,44,55)(H,46,47)(H,48,54,56)/t24-,27?,28-,29+,31-,33?/m1/s1. The van der Waals surface area contributed by atoms with Gasteiger partial charge in [0, 0.05) is 75.9 Å². The number of primary amides is 1. The summed E-state index contributed by atoms with van der Waals surface area (Å²) in [6, 6.07) is 12.9. The molecule has 58 heavy (non-hydrogen) atoms.